The number of aliphatic imine (C=N–C) groups is 1. The summed E-state index contributed by atoms with van der Waals surface area (Å²) in [4.78, 5) is 71.5. The topological polar surface area (TPSA) is 227 Å². The van der Waals surface area contributed by atoms with E-state index in [-0.39, 0.29) is 37.7 Å². The van der Waals surface area contributed by atoms with E-state index in [0.717, 1.165) is 11.3 Å². The average molecular weight is 650 g/mol. The molecule has 3 atom stereocenters. The van der Waals surface area contributed by atoms with Crippen molar-refractivity contribution in [3.63, 3.8) is 0 Å². The first-order valence-corrected chi connectivity index (χ1v) is 15.8. The van der Waals surface area contributed by atoms with E-state index in [1.807, 2.05) is 60.7 Å². The van der Waals surface area contributed by atoms with Crippen LogP contribution in [0.3, 0.4) is 0 Å². The summed E-state index contributed by atoms with van der Waals surface area (Å²) < 4.78 is 0. The standard InChI is InChI=1S/C33H47N9O5/c1-3-25(28(34)44)38-29(45)26(15-10-18-37-32(35)36)39-30(46)27(21-23-11-6-4-7-12-23)40-31(47)33(41-22(2)43)16-19-42(20-17-33)24-13-8-5-9-14-24/h4-9,11-14,25-27H,3,10,15-21H2,1-2H3,(H2,34,44)(H,38,45)(H,39,46)(H,40,47)(H,41,43)(H4,35,36,37)/t25-,26-,27+/m0/s1. The van der Waals surface area contributed by atoms with Gasteiger partial charge in [-0.1, -0.05) is 55.5 Å². The molecule has 0 spiro atoms. The highest BCUT2D eigenvalue weighted by Crippen LogP contribution is 2.27. The SMILES string of the molecule is CC[C@H](NC(=O)[C@H](CCCN=C(N)N)NC(=O)[C@@H](Cc1ccccc1)NC(=O)C1(NC(C)=O)CCN(c2ccccc2)CC1)C(N)=O. The maximum atomic E-state index is 14.1. The lowest BCUT2D eigenvalue weighted by Crippen LogP contribution is -2.66. The highest BCUT2D eigenvalue weighted by molar-refractivity contribution is 5.97. The van der Waals surface area contributed by atoms with E-state index in [0.29, 0.717) is 32.4 Å². The van der Waals surface area contributed by atoms with Crippen LogP contribution < -0.4 is 43.4 Å². The summed E-state index contributed by atoms with van der Waals surface area (Å²) in [6.07, 6.45) is 1.48. The Kier molecular flexibility index (Phi) is 13.5. The van der Waals surface area contributed by atoms with Gasteiger partial charge in [-0.15, -0.1) is 0 Å². The van der Waals surface area contributed by atoms with Crippen LogP contribution in [-0.2, 0) is 30.4 Å². The van der Waals surface area contributed by atoms with Crippen LogP contribution in [-0.4, -0.2) is 78.8 Å². The number of carbonyl (C=O) groups is 5. The van der Waals surface area contributed by atoms with Crippen molar-refractivity contribution in [1.82, 2.24) is 21.3 Å². The second-order valence-corrected chi connectivity index (χ2v) is 11.7. The van der Waals surface area contributed by atoms with Gasteiger partial charge in [0, 0.05) is 38.7 Å². The molecule has 3 rings (SSSR count). The molecule has 47 heavy (non-hydrogen) atoms. The first-order valence-electron chi connectivity index (χ1n) is 15.8. The fourth-order valence-corrected chi connectivity index (χ4v) is 5.58. The molecule has 1 saturated heterocycles. The van der Waals surface area contributed by atoms with Crippen LogP contribution in [0, 0.1) is 0 Å². The fourth-order valence-electron chi connectivity index (χ4n) is 5.58. The van der Waals surface area contributed by atoms with Crippen molar-refractivity contribution in [2.45, 2.75) is 76.0 Å². The van der Waals surface area contributed by atoms with Crippen molar-refractivity contribution in [3.8, 4) is 0 Å². The van der Waals surface area contributed by atoms with E-state index < -0.39 is 47.3 Å². The lowest BCUT2D eigenvalue weighted by molar-refractivity contribution is -0.137. The Balaban J connectivity index is 1.85. The van der Waals surface area contributed by atoms with Gasteiger partial charge in [-0.2, -0.15) is 0 Å². The number of guanidine groups is 1. The second-order valence-electron chi connectivity index (χ2n) is 11.7. The predicted octanol–water partition coefficient (Wildman–Crippen LogP) is -0.192. The van der Waals surface area contributed by atoms with Gasteiger partial charge in [0.05, 0.1) is 0 Å². The maximum absolute atomic E-state index is 14.1. The Labute approximate surface area is 275 Å². The van der Waals surface area contributed by atoms with E-state index in [4.69, 9.17) is 17.2 Å². The zero-order chi connectivity index (χ0) is 34.4. The number of benzene rings is 2. The van der Waals surface area contributed by atoms with Crippen LogP contribution in [0.2, 0.25) is 0 Å². The van der Waals surface area contributed by atoms with Gasteiger partial charge in [0.1, 0.15) is 23.7 Å². The van der Waals surface area contributed by atoms with Crippen LogP contribution in [0.15, 0.2) is 65.7 Å². The van der Waals surface area contributed by atoms with Crippen molar-refractivity contribution in [2.24, 2.45) is 22.2 Å². The molecule has 1 aliphatic heterocycles. The van der Waals surface area contributed by atoms with E-state index in [2.05, 4.69) is 31.2 Å². The molecule has 0 aromatic heterocycles. The minimum atomic E-state index is -1.25. The number of hydrogen-bond acceptors (Lipinski definition) is 7. The highest BCUT2D eigenvalue weighted by atomic mass is 16.2. The van der Waals surface area contributed by atoms with Crippen molar-refractivity contribution in [2.75, 3.05) is 24.5 Å². The number of carbonyl (C=O) groups excluding carboxylic acids is 5. The van der Waals surface area contributed by atoms with Crippen molar-refractivity contribution in [1.29, 1.82) is 0 Å². The van der Waals surface area contributed by atoms with Gasteiger partial charge in [0.2, 0.25) is 29.5 Å². The Morgan fingerprint density at radius 2 is 1.40 bits per heavy atom. The summed E-state index contributed by atoms with van der Waals surface area (Å²) in [6.45, 7) is 4.27. The second kappa shape index (κ2) is 17.5. The fraction of sp³-hybridized carbons (Fsp3) is 0.455. The van der Waals surface area contributed by atoms with Crippen molar-refractivity contribution < 1.29 is 24.0 Å². The maximum Gasteiger partial charge on any atom is 0.246 e. The number of nitrogens with two attached hydrogens (primary N) is 3. The number of primary amides is 1. The number of hydrogen-bond donors (Lipinski definition) is 7. The average Bonchev–Trinajstić information content (AvgIpc) is 3.05. The number of amides is 5. The number of nitrogens with zero attached hydrogens (tertiary/aromatic N) is 2. The van der Waals surface area contributed by atoms with E-state index in [1.165, 1.54) is 6.92 Å². The normalized spacial score (nSPS) is 15.7. The first-order chi connectivity index (χ1) is 22.4. The van der Waals surface area contributed by atoms with Gasteiger partial charge in [-0.05, 0) is 49.8 Å². The van der Waals surface area contributed by atoms with Crippen LogP contribution >= 0.6 is 0 Å². The third-order valence-corrected chi connectivity index (χ3v) is 8.14. The minimum Gasteiger partial charge on any atom is -0.371 e. The van der Waals surface area contributed by atoms with Gasteiger partial charge in [-0.25, -0.2) is 0 Å². The van der Waals surface area contributed by atoms with Crippen LogP contribution in [0.25, 0.3) is 0 Å². The summed E-state index contributed by atoms with van der Waals surface area (Å²) in [6, 6.07) is 15.8. The zero-order valence-corrected chi connectivity index (χ0v) is 27.0. The third kappa shape index (κ3) is 11.0. The molecule has 2 aromatic rings. The summed E-state index contributed by atoms with van der Waals surface area (Å²) in [5.74, 6) is -2.90. The van der Waals surface area contributed by atoms with Crippen molar-refractivity contribution in [3.05, 3.63) is 66.2 Å². The van der Waals surface area contributed by atoms with Gasteiger partial charge in [-0.3, -0.25) is 29.0 Å². The lowest BCUT2D eigenvalue weighted by atomic mass is 9.85. The molecule has 1 fully saturated rings. The van der Waals surface area contributed by atoms with E-state index in [1.54, 1.807) is 6.92 Å². The molecule has 1 heterocycles. The van der Waals surface area contributed by atoms with Crippen LogP contribution in [0.4, 0.5) is 5.69 Å². The predicted molar refractivity (Wildman–Crippen MR) is 180 cm³/mol. The summed E-state index contributed by atoms with van der Waals surface area (Å²) in [7, 11) is 0. The van der Waals surface area contributed by atoms with E-state index >= 15 is 0 Å². The smallest absolute Gasteiger partial charge is 0.246 e. The van der Waals surface area contributed by atoms with Crippen LogP contribution in [0.1, 0.15) is 51.5 Å². The number of nitrogens with one attached hydrogen (secondary N) is 4. The van der Waals surface area contributed by atoms with Gasteiger partial charge in [0.15, 0.2) is 5.96 Å². The van der Waals surface area contributed by atoms with Crippen LogP contribution in [0.5, 0.6) is 0 Å². The molecule has 1 aliphatic rings. The lowest BCUT2D eigenvalue weighted by Gasteiger charge is -2.42. The molecular formula is C33H47N9O5. The Bertz CT molecular complexity index is 1390. The minimum absolute atomic E-state index is 0.108. The molecule has 2 aromatic carbocycles. The molecule has 254 valence electrons. The van der Waals surface area contributed by atoms with Gasteiger partial charge < -0.3 is 43.4 Å². The molecule has 0 unspecified atom stereocenters. The Morgan fingerprint density at radius 3 is 1.96 bits per heavy atom. The van der Waals surface area contributed by atoms with Crippen molar-refractivity contribution >= 4 is 41.2 Å². The quantitative estimate of drug-likeness (QED) is 0.0731. The first kappa shape index (κ1) is 36.3. The molecule has 0 aliphatic carbocycles. The number of rotatable bonds is 16. The zero-order valence-electron chi connectivity index (χ0n) is 27.0. The molecule has 5 amide bonds. The largest absolute Gasteiger partial charge is 0.371 e. The summed E-state index contributed by atoms with van der Waals surface area (Å²) >= 11 is 0. The highest BCUT2D eigenvalue weighted by Gasteiger charge is 2.43. The molecule has 0 radical (unpaired) electrons. The third-order valence-electron chi connectivity index (χ3n) is 8.14. The Morgan fingerprint density at radius 1 is 0.830 bits per heavy atom. The molecule has 14 heteroatoms. The molecule has 10 N–H and O–H groups in total. The van der Waals surface area contributed by atoms with Gasteiger partial charge in [0.25, 0.3) is 0 Å². The summed E-state index contributed by atoms with van der Waals surface area (Å²) in [5, 5.41) is 11.1. The monoisotopic (exact) mass is 649 g/mol. The molecule has 0 saturated carbocycles. The Hall–Kier alpha value is -5.14. The number of anilines is 1. The van der Waals surface area contributed by atoms with Gasteiger partial charge >= 0.3 is 0 Å². The van der Waals surface area contributed by atoms with E-state index in [9.17, 15) is 24.0 Å². The number of para-hydroxylation sites is 1. The molecule has 0 bridgehead atoms. The summed E-state index contributed by atoms with van der Waals surface area (Å²) in [5.41, 5.74) is 16.8. The number of piperidine rings is 1. The molecule has 14 nitrogen and oxygen atoms in total. The molecular weight excluding hydrogens is 602 g/mol.